The summed E-state index contributed by atoms with van der Waals surface area (Å²) in [5.74, 6) is -1.91. The van der Waals surface area contributed by atoms with Crippen molar-refractivity contribution in [2.75, 3.05) is 5.75 Å². The minimum absolute atomic E-state index is 0.0177. The molecular formula is C10H11NO4S. The Bertz CT molecular complexity index is 516. The van der Waals surface area contributed by atoms with Crippen LogP contribution in [0.1, 0.15) is 17.3 Å². The maximum atomic E-state index is 11.4. The van der Waals surface area contributed by atoms with E-state index < -0.39 is 21.5 Å². The third-order valence-corrected chi connectivity index (χ3v) is 3.83. The van der Waals surface area contributed by atoms with E-state index in [2.05, 4.69) is 0 Å². The van der Waals surface area contributed by atoms with Gasteiger partial charge >= 0.3 is 0 Å². The van der Waals surface area contributed by atoms with Crippen LogP contribution in [0, 0.1) is 0 Å². The maximum absolute atomic E-state index is 11.4. The Kier molecular flexibility index (Phi) is 3.44. The Hall–Kier alpha value is -1.69. The molecule has 0 saturated heterocycles. The van der Waals surface area contributed by atoms with Crippen molar-refractivity contribution in [2.45, 2.75) is 11.8 Å². The Morgan fingerprint density at radius 3 is 2.06 bits per heavy atom. The predicted octanol–water partition coefficient (Wildman–Crippen LogP) is 0.148. The molecule has 0 fully saturated rings. The molecule has 1 aromatic carbocycles. The van der Waals surface area contributed by atoms with E-state index in [1.54, 1.807) is 0 Å². The maximum Gasteiger partial charge on any atom is 0.289 e. The van der Waals surface area contributed by atoms with E-state index in [0.717, 1.165) is 0 Å². The smallest absolute Gasteiger partial charge is 0.289 e. The Labute approximate surface area is 93.2 Å². The summed E-state index contributed by atoms with van der Waals surface area (Å²) in [6.45, 7) is 1.53. The van der Waals surface area contributed by atoms with Gasteiger partial charge in [0.1, 0.15) is 0 Å². The second kappa shape index (κ2) is 4.44. The van der Waals surface area contributed by atoms with E-state index in [1.807, 2.05) is 0 Å². The van der Waals surface area contributed by atoms with Crippen LogP contribution in [-0.2, 0) is 14.6 Å². The molecule has 2 N–H and O–H groups in total. The molecule has 1 aromatic rings. The molecule has 0 radical (unpaired) electrons. The van der Waals surface area contributed by atoms with Gasteiger partial charge in [0.05, 0.1) is 10.6 Å². The third-order valence-electron chi connectivity index (χ3n) is 2.08. The van der Waals surface area contributed by atoms with Gasteiger partial charge < -0.3 is 5.73 Å². The zero-order valence-electron chi connectivity index (χ0n) is 8.64. The molecule has 0 aliphatic heterocycles. The highest BCUT2D eigenvalue weighted by molar-refractivity contribution is 7.91. The summed E-state index contributed by atoms with van der Waals surface area (Å²) in [6, 6.07) is 5.12. The van der Waals surface area contributed by atoms with Crippen LogP contribution in [0.25, 0.3) is 0 Å². The molecular weight excluding hydrogens is 230 g/mol. The summed E-state index contributed by atoms with van der Waals surface area (Å²) in [7, 11) is -3.29. The van der Waals surface area contributed by atoms with Crippen molar-refractivity contribution in [3.63, 3.8) is 0 Å². The molecule has 0 bridgehead atoms. The van der Waals surface area contributed by atoms with E-state index in [0.29, 0.717) is 0 Å². The SMILES string of the molecule is CCS(=O)(=O)c1ccc(C(=O)C(N)=O)cc1. The van der Waals surface area contributed by atoms with Gasteiger partial charge in [0.25, 0.3) is 5.91 Å². The molecule has 0 aliphatic carbocycles. The molecule has 0 atom stereocenters. The highest BCUT2D eigenvalue weighted by Gasteiger charge is 2.15. The van der Waals surface area contributed by atoms with Crippen LogP contribution in [0.15, 0.2) is 29.2 Å². The number of hydrogen-bond donors (Lipinski definition) is 1. The summed E-state index contributed by atoms with van der Waals surface area (Å²) in [4.78, 5) is 21.9. The first-order valence-electron chi connectivity index (χ1n) is 4.55. The number of ketones is 1. The van der Waals surface area contributed by atoms with Crippen molar-refractivity contribution >= 4 is 21.5 Å². The van der Waals surface area contributed by atoms with Crippen molar-refractivity contribution in [1.29, 1.82) is 0 Å². The zero-order valence-corrected chi connectivity index (χ0v) is 9.45. The molecule has 0 aliphatic rings. The molecule has 86 valence electrons. The van der Waals surface area contributed by atoms with E-state index >= 15 is 0 Å². The van der Waals surface area contributed by atoms with Gasteiger partial charge in [-0.2, -0.15) is 0 Å². The highest BCUT2D eigenvalue weighted by atomic mass is 32.2. The van der Waals surface area contributed by atoms with Gasteiger partial charge in [-0.05, 0) is 24.3 Å². The molecule has 0 aromatic heterocycles. The van der Waals surface area contributed by atoms with Gasteiger partial charge in [0, 0.05) is 5.56 Å². The number of hydrogen-bond acceptors (Lipinski definition) is 4. The number of sulfone groups is 1. The summed E-state index contributed by atoms with van der Waals surface area (Å²) in [6.07, 6.45) is 0. The van der Waals surface area contributed by atoms with E-state index in [1.165, 1.54) is 31.2 Å². The fraction of sp³-hybridized carbons (Fsp3) is 0.200. The lowest BCUT2D eigenvalue weighted by molar-refractivity contribution is -0.114. The van der Waals surface area contributed by atoms with Gasteiger partial charge in [0.2, 0.25) is 5.78 Å². The summed E-state index contributed by atoms with van der Waals surface area (Å²) in [5.41, 5.74) is 4.90. The topological polar surface area (TPSA) is 94.3 Å². The number of benzene rings is 1. The monoisotopic (exact) mass is 241 g/mol. The second-order valence-electron chi connectivity index (χ2n) is 3.12. The van der Waals surface area contributed by atoms with Gasteiger partial charge in [-0.25, -0.2) is 8.42 Å². The van der Waals surface area contributed by atoms with E-state index in [-0.39, 0.29) is 16.2 Å². The van der Waals surface area contributed by atoms with Crippen LogP contribution >= 0.6 is 0 Å². The normalized spacial score (nSPS) is 11.1. The van der Waals surface area contributed by atoms with Crippen molar-refractivity contribution in [1.82, 2.24) is 0 Å². The lowest BCUT2D eigenvalue weighted by Crippen LogP contribution is -2.23. The van der Waals surface area contributed by atoms with E-state index in [9.17, 15) is 18.0 Å². The van der Waals surface area contributed by atoms with Crippen molar-refractivity contribution in [3.8, 4) is 0 Å². The first-order valence-corrected chi connectivity index (χ1v) is 6.20. The molecule has 16 heavy (non-hydrogen) atoms. The number of Topliss-reactive ketones (excluding diaryl/α,β-unsaturated/α-hetero) is 1. The number of rotatable bonds is 4. The number of primary amides is 1. The van der Waals surface area contributed by atoms with Crippen LogP contribution in [0.2, 0.25) is 0 Å². The van der Waals surface area contributed by atoms with Crippen LogP contribution in [0.4, 0.5) is 0 Å². The fourth-order valence-electron chi connectivity index (χ4n) is 1.12. The van der Waals surface area contributed by atoms with Crippen molar-refractivity contribution in [3.05, 3.63) is 29.8 Å². The quantitative estimate of drug-likeness (QED) is 0.599. The lowest BCUT2D eigenvalue weighted by Gasteiger charge is -2.01. The third kappa shape index (κ3) is 2.46. The number of carbonyl (C=O) groups excluding carboxylic acids is 2. The first-order chi connectivity index (χ1) is 7.38. The molecule has 1 rings (SSSR count). The van der Waals surface area contributed by atoms with Gasteiger partial charge in [-0.1, -0.05) is 6.92 Å². The summed E-state index contributed by atoms with van der Waals surface area (Å²) < 4.78 is 22.9. The number of carbonyl (C=O) groups is 2. The van der Waals surface area contributed by atoms with Gasteiger partial charge in [-0.3, -0.25) is 9.59 Å². The first kappa shape index (κ1) is 12.4. The minimum Gasteiger partial charge on any atom is -0.363 e. The second-order valence-corrected chi connectivity index (χ2v) is 5.40. The Morgan fingerprint density at radius 1 is 1.19 bits per heavy atom. The van der Waals surface area contributed by atoms with Crippen LogP contribution < -0.4 is 5.73 Å². The minimum atomic E-state index is -3.29. The molecule has 0 heterocycles. The van der Waals surface area contributed by atoms with Gasteiger partial charge in [0.15, 0.2) is 9.84 Å². The lowest BCUT2D eigenvalue weighted by atomic mass is 10.1. The largest absolute Gasteiger partial charge is 0.363 e. The predicted molar refractivity (Wildman–Crippen MR) is 57.7 cm³/mol. The average molecular weight is 241 g/mol. The van der Waals surface area contributed by atoms with Gasteiger partial charge in [-0.15, -0.1) is 0 Å². The molecule has 1 amide bonds. The van der Waals surface area contributed by atoms with Crippen LogP contribution in [0.5, 0.6) is 0 Å². The van der Waals surface area contributed by atoms with E-state index in [4.69, 9.17) is 5.73 Å². The average Bonchev–Trinajstić information content (AvgIpc) is 2.28. The van der Waals surface area contributed by atoms with Crippen LogP contribution in [0.3, 0.4) is 0 Å². The zero-order chi connectivity index (χ0) is 12.3. The summed E-state index contributed by atoms with van der Waals surface area (Å²) in [5, 5.41) is 0. The highest BCUT2D eigenvalue weighted by Crippen LogP contribution is 2.12. The molecule has 0 saturated carbocycles. The number of amides is 1. The molecule has 5 nitrogen and oxygen atoms in total. The Balaban J connectivity index is 3.10. The fourth-order valence-corrected chi connectivity index (χ4v) is 2.01. The van der Waals surface area contributed by atoms with Crippen LogP contribution in [-0.4, -0.2) is 25.9 Å². The van der Waals surface area contributed by atoms with Crippen molar-refractivity contribution < 1.29 is 18.0 Å². The Morgan fingerprint density at radius 2 is 1.69 bits per heavy atom. The molecule has 6 heteroatoms. The standard InChI is InChI=1S/C10H11NO4S/c1-2-16(14,15)8-5-3-7(4-6-8)9(12)10(11)13/h3-6H,2H2,1H3,(H2,11,13). The molecule has 0 unspecified atom stereocenters. The summed E-state index contributed by atoms with van der Waals surface area (Å²) >= 11 is 0. The molecule has 0 spiro atoms. The van der Waals surface area contributed by atoms with Crippen molar-refractivity contribution in [2.24, 2.45) is 5.73 Å². The number of nitrogens with two attached hydrogens (primary N) is 1.